The molecule has 0 aromatic carbocycles. The Labute approximate surface area is 57.5 Å². The van der Waals surface area contributed by atoms with Gasteiger partial charge in [-0.25, -0.2) is 0 Å². The molecule has 0 aliphatic rings. The van der Waals surface area contributed by atoms with Gasteiger partial charge >= 0.3 is 5.97 Å². The zero-order chi connectivity index (χ0) is 6.41. The number of hydrogen-bond donors (Lipinski definition) is 2. The first kappa shape index (κ1) is 8.17. The normalized spacial score (nSPS) is 9.12. The predicted octanol–water partition coefficient (Wildman–Crippen LogP) is 1.43. The van der Waals surface area contributed by atoms with Crippen LogP contribution in [-0.4, -0.2) is 16.8 Å². The van der Waals surface area contributed by atoms with E-state index in [1.165, 1.54) is 10.8 Å². The van der Waals surface area contributed by atoms with Crippen molar-refractivity contribution in [3.8, 4) is 0 Å². The topological polar surface area (TPSA) is 37.3 Å². The summed E-state index contributed by atoms with van der Waals surface area (Å²) < 4.78 is 0. The average Bonchev–Trinajstić information content (AvgIpc) is 1.66. The van der Waals surface area contributed by atoms with Crippen LogP contribution in [0.15, 0.2) is 0 Å². The van der Waals surface area contributed by atoms with E-state index in [-0.39, 0.29) is 6.42 Å². The third kappa shape index (κ3) is 6.17. The molecule has 0 aliphatic carbocycles. The van der Waals surface area contributed by atoms with Gasteiger partial charge in [0, 0.05) is 12.2 Å². The van der Waals surface area contributed by atoms with Gasteiger partial charge in [-0.05, 0) is 6.42 Å². The predicted molar refractivity (Wildman–Crippen MR) is 38.3 cm³/mol. The van der Waals surface area contributed by atoms with Crippen molar-refractivity contribution in [2.24, 2.45) is 0 Å². The fourth-order valence-electron chi connectivity index (χ4n) is 0.288. The second-order valence-corrected chi connectivity index (χ2v) is 2.77. The zero-order valence-corrected chi connectivity index (χ0v) is 6.04. The van der Waals surface area contributed by atoms with Gasteiger partial charge in [-0.2, -0.15) is 0 Å². The highest BCUT2D eigenvalue weighted by Gasteiger charge is 1.93. The fourth-order valence-corrected chi connectivity index (χ4v) is 0.949. The van der Waals surface area contributed by atoms with E-state index in [1.807, 2.05) is 0 Å². The lowest BCUT2D eigenvalue weighted by Gasteiger charge is -1.89. The van der Waals surface area contributed by atoms with Crippen LogP contribution in [0.5, 0.6) is 0 Å². The molecular weight excluding hydrogens is 144 g/mol. The summed E-state index contributed by atoms with van der Waals surface area (Å²) in [6.45, 7) is 0. The van der Waals surface area contributed by atoms with Gasteiger partial charge in [-0.1, -0.05) is 10.8 Å². The minimum absolute atomic E-state index is 0.257. The molecule has 4 heteroatoms. The van der Waals surface area contributed by atoms with Crippen molar-refractivity contribution in [1.29, 1.82) is 0 Å². The highest BCUT2D eigenvalue weighted by atomic mass is 33.1. The Hall–Kier alpha value is 0.170. The van der Waals surface area contributed by atoms with Gasteiger partial charge in [0.05, 0.1) is 0 Å². The van der Waals surface area contributed by atoms with Gasteiger partial charge in [0.25, 0.3) is 0 Å². The molecule has 0 fully saturated rings. The van der Waals surface area contributed by atoms with Crippen LogP contribution in [0.4, 0.5) is 0 Å². The summed E-state index contributed by atoms with van der Waals surface area (Å²) in [4.78, 5) is 9.84. The van der Waals surface area contributed by atoms with Crippen molar-refractivity contribution in [2.75, 3.05) is 5.75 Å². The Balaban J connectivity index is 2.82. The van der Waals surface area contributed by atoms with Crippen molar-refractivity contribution in [1.82, 2.24) is 0 Å². The maximum atomic E-state index is 9.84. The molecule has 0 bridgehead atoms. The highest BCUT2D eigenvalue weighted by Crippen LogP contribution is 2.07. The largest absolute Gasteiger partial charge is 0.481 e. The number of carboxylic acid groups (broad SMARTS) is 1. The van der Waals surface area contributed by atoms with Gasteiger partial charge < -0.3 is 5.11 Å². The molecule has 0 aromatic rings. The number of carbonyl (C=O) groups is 1. The van der Waals surface area contributed by atoms with Crippen LogP contribution < -0.4 is 0 Å². The fraction of sp³-hybridized carbons (Fsp3) is 0.750. The molecule has 0 rings (SSSR count). The molecule has 0 atom stereocenters. The maximum Gasteiger partial charge on any atom is 0.303 e. The van der Waals surface area contributed by atoms with Gasteiger partial charge in [-0.15, -0.1) is 11.7 Å². The van der Waals surface area contributed by atoms with E-state index in [9.17, 15) is 4.79 Å². The summed E-state index contributed by atoms with van der Waals surface area (Å²) in [6, 6.07) is 0. The molecule has 0 heterocycles. The van der Waals surface area contributed by atoms with Crippen LogP contribution in [0, 0.1) is 0 Å². The number of aliphatic carboxylic acids is 1. The SMILES string of the molecule is O=C(O)CCCSS. The lowest BCUT2D eigenvalue weighted by Crippen LogP contribution is -1.93. The molecule has 0 spiro atoms. The maximum absolute atomic E-state index is 9.84. The summed E-state index contributed by atoms with van der Waals surface area (Å²) in [7, 11) is 1.37. The Morgan fingerprint density at radius 3 is 2.75 bits per heavy atom. The molecule has 0 aromatic heterocycles. The lowest BCUT2D eigenvalue weighted by molar-refractivity contribution is -0.137. The second-order valence-electron chi connectivity index (χ2n) is 1.33. The van der Waals surface area contributed by atoms with Crippen molar-refractivity contribution < 1.29 is 9.90 Å². The second kappa shape index (κ2) is 5.31. The molecule has 1 N–H and O–H groups in total. The molecule has 0 aliphatic heterocycles. The smallest absolute Gasteiger partial charge is 0.303 e. The number of thiol groups is 1. The Morgan fingerprint density at radius 2 is 2.38 bits per heavy atom. The number of carboxylic acids is 1. The minimum Gasteiger partial charge on any atom is -0.481 e. The van der Waals surface area contributed by atoms with E-state index in [1.54, 1.807) is 0 Å². The number of hydrogen-bond acceptors (Lipinski definition) is 3. The molecular formula is C4H8O2S2. The molecule has 0 saturated carbocycles. The zero-order valence-electron chi connectivity index (χ0n) is 4.33. The first-order valence-electron chi connectivity index (χ1n) is 2.25. The summed E-state index contributed by atoms with van der Waals surface area (Å²) in [5.74, 6) is 0.0856. The standard InChI is InChI=1S/C4H8O2S2/c5-4(6)2-1-3-8-7/h7H,1-3H2,(H,5,6). The molecule has 2 nitrogen and oxygen atoms in total. The van der Waals surface area contributed by atoms with Crippen LogP contribution >= 0.6 is 22.5 Å². The van der Waals surface area contributed by atoms with Crippen LogP contribution in [-0.2, 0) is 4.79 Å². The molecule has 0 unspecified atom stereocenters. The van der Waals surface area contributed by atoms with E-state index in [2.05, 4.69) is 11.7 Å². The van der Waals surface area contributed by atoms with Crippen molar-refractivity contribution in [3.63, 3.8) is 0 Å². The van der Waals surface area contributed by atoms with Gasteiger partial charge in [-0.3, -0.25) is 4.79 Å². The molecule has 8 heavy (non-hydrogen) atoms. The van der Waals surface area contributed by atoms with Crippen LogP contribution in [0.25, 0.3) is 0 Å². The van der Waals surface area contributed by atoms with Crippen LogP contribution in [0.2, 0.25) is 0 Å². The highest BCUT2D eigenvalue weighted by molar-refractivity contribution is 8.68. The molecule has 0 saturated heterocycles. The lowest BCUT2D eigenvalue weighted by atomic mass is 10.3. The van der Waals surface area contributed by atoms with E-state index >= 15 is 0 Å². The summed E-state index contributed by atoms with van der Waals surface area (Å²) >= 11 is 3.85. The summed E-state index contributed by atoms with van der Waals surface area (Å²) in [5, 5.41) is 8.11. The molecule has 48 valence electrons. The number of rotatable bonds is 4. The van der Waals surface area contributed by atoms with Gasteiger partial charge in [0.2, 0.25) is 0 Å². The summed E-state index contributed by atoms with van der Waals surface area (Å²) in [5.41, 5.74) is 0. The molecule has 0 amide bonds. The van der Waals surface area contributed by atoms with Crippen molar-refractivity contribution >= 4 is 28.4 Å². The van der Waals surface area contributed by atoms with E-state index in [0.29, 0.717) is 6.42 Å². The summed E-state index contributed by atoms with van der Waals surface area (Å²) in [6.07, 6.45) is 0.969. The van der Waals surface area contributed by atoms with Crippen LogP contribution in [0.3, 0.4) is 0 Å². The third-order valence-corrected chi connectivity index (χ3v) is 1.65. The van der Waals surface area contributed by atoms with E-state index in [0.717, 1.165) is 5.75 Å². The molecule has 0 radical (unpaired) electrons. The Bertz CT molecular complexity index is 74.4. The minimum atomic E-state index is -0.729. The third-order valence-electron chi connectivity index (χ3n) is 0.626. The van der Waals surface area contributed by atoms with Gasteiger partial charge in [0.1, 0.15) is 0 Å². The first-order chi connectivity index (χ1) is 3.77. The van der Waals surface area contributed by atoms with Crippen molar-refractivity contribution in [2.45, 2.75) is 12.8 Å². The Kier molecular flexibility index (Phi) is 5.42. The first-order valence-corrected chi connectivity index (χ1v) is 4.29. The Morgan fingerprint density at radius 1 is 1.75 bits per heavy atom. The van der Waals surface area contributed by atoms with Crippen molar-refractivity contribution in [3.05, 3.63) is 0 Å². The van der Waals surface area contributed by atoms with Crippen LogP contribution in [0.1, 0.15) is 12.8 Å². The van der Waals surface area contributed by atoms with Gasteiger partial charge in [0.15, 0.2) is 0 Å². The quantitative estimate of drug-likeness (QED) is 0.363. The monoisotopic (exact) mass is 152 g/mol. The van der Waals surface area contributed by atoms with E-state index in [4.69, 9.17) is 5.11 Å². The van der Waals surface area contributed by atoms with E-state index < -0.39 is 5.97 Å². The average molecular weight is 152 g/mol.